The molecule has 2 rings (SSSR count). The van der Waals surface area contributed by atoms with Crippen LogP contribution in [0.1, 0.15) is 38.2 Å². The summed E-state index contributed by atoms with van der Waals surface area (Å²) in [6, 6.07) is 4.33. The number of hydrogen-bond acceptors (Lipinski definition) is 4. The van der Waals surface area contributed by atoms with Crippen LogP contribution in [0.15, 0.2) is 17.5 Å². The van der Waals surface area contributed by atoms with Crippen LogP contribution in [0.2, 0.25) is 0 Å². The van der Waals surface area contributed by atoms with Crippen LogP contribution in [0.4, 0.5) is 0 Å². The highest BCUT2D eigenvalue weighted by atomic mass is 32.1. The van der Waals surface area contributed by atoms with Gasteiger partial charge in [0.2, 0.25) is 5.91 Å². The molecule has 0 saturated carbocycles. The SMILES string of the molecule is CCC1(C)NC(c2cccs2)N(C(C)CN(C)C)C1=O. The van der Waals surface area contributed by atoms with Crippen LogP contribution >= 0.6 is 11.3 Å². The lowest BCUT2D eigenvalue weighted by Crippen LogP contribution is -2.46. The van der Waals surface area contributed by atoms with Gasteiger partial charge in [-0.2, -0.15) is 0 Å². The molecular formula is C15H25N3OS. The third-order valence-electron chi connectivity index (χ3n) is 4.06. The van der Waals surface area contributed by atoms with Gasteiger partial charge in [0.25, 0.3) is 0 Å². The van der Waals surface area contributed by atoms with Crippen molar-refractivity contribution in [2.45, 2.75) is 44.9 Å². The first-order chi connectivity index (χ1) is 9.39. The average molecular weight is 295 g/mol. The summed E-state index contributed by atoms with van der Waals surface area (Å²) >= 11 is 1.70. The van der Waals surface area contributed by atoms with Gasteiger partial charge in [-0.05, 0) is 45.8 Å². The van der Waals surface area contributed by atoms with Crippen molar-refractivity contribution in [1.82, 2.24) is 15.1 Å². The van der Waals surface area contributed by atoms with Gasteiger partial charge >= 0.3 is 0 Å². The smallest absolute Gasteiger partial charge is 0.244 e. The number of thiophene rings is 1. The second kappa shape index (κ2) is 5.84. The van der Waals surface area contributed by atoms with Crippen LogP contribution in [0.5, 0.6) is 0 Å². The number of carbonyl (C=O) groups excluding carboxylic acids is 1. The Bertz CT molecular complexity index is 460. The molecule has 0 radical (unpaired) electrons. The van der Waals surface area contributed by atoms with Crippen LogP contribution in [0, 0.1) is 0 Å². The Morgan fingerprint density at radius 3 is 2.75 bits per heavy atom. The maximum absolute atomic E-state index is 12.8. The first-order valence-corrected chi connectivity index (χ1v) is 8.05. The van der Waals surface area contributed by atoms with Crippen molar-refractivity contribution >= 4 is 17.2 Å². The fraction of sp³-hybridized carbons (Fsp3) is 0.667. The Morgan fingerprint density at radius 2 is 2.25 bits per heavy atom. The highest BCUT2D eigenvalue weighted by Crippen LogP contribution is 2.36. The summed E-state index contributed by atoms with van der Waals surface area (Å²) in [5.74, 6) is 0.216. The van der Waals surface area contributed by atoms with Gasteiger partial charge in [0.15, 0.2) is 0 Å². The van der Waals surface area contributed by atoms with Crippen LogP contribution in [0.3, 0.4) is 0 Å². The minimum atomic E-state index is -0.449. The molecule has 1 N–H and O–H groups in total. The predicted octanol–water partition coefficient (Wildman–Crippen LogP) is 2.30. The molecule has 1 amide bonds. The number of likely N-dealkylation sites (N-methyl/N-ethyl adjacent to an activating group) is 1. The molecule has 1 aromatic heterocycles. The number of rotatable bonds is 5. The first-order valence-electron chi connectivity index (χ1n) is 7.17. The standard InChI is InChI=1S/C15H25N3OS/c1-6-15(3)14(19)18(11(2)10-17(4)5)13(16-15)12-8-7-9-20-12/h7-9,11,13,16H,6,10H2,1-5H3. The molecule has 0 aliphatic carbocycles. The van der Waals surface area contributed by atoms with E-state index in [9.17, 15) is 4.79 Å². The van der Waals surface area contributed by atoms with Gasteiger partial charge in [-0.1, -0.05) is 13.0 Å². The minimum absolute atomic E-state index is 0.00222. The summed E-state index contributed by atoms with van der Waals surface area (Å²) in [6.45, 7) is 7.07. The third-order valence-corrected chi connectivity index (χ3v) is 4.99. The molecule has 1 aliphatic heterocycles. The molecular weight excluding hydrogens is 270 g/mol. The van der Waals surface area contributed by atoms with Crippen molar-refractivity contribution in [3.05, 3.63) is 22.4 Å². The van der Waals surface area contributed by atoms with Gasteiger partial charge in [-0.3, -0.25) is 10.1 Å². The average Bonchev–Trinajstić information content (AvgIpc) is 2.97. The Morgan fingerprint density at radius 1 is 1.55 bits per heavy atom. The van der Waals surface area contributed by atoms with E-state index in [0.29, 0.717) is 0 Å². The molecule has 3 atom stereocenters. The third kappa shape index (κ3) is 2.75. The van der Waals surface area contributed by atoms with E-state index in [1.807, 2.05) is 32.0 Å². The van der Waals surface area contributed by atoms with Crippen molar-refractivity contribution in [3.8, 4) is 0 Å². The van der Waals surface area contributed by atoms with E-state index in [2.05, 4.69) is 35.5 Å². The Kier molecular flexibility index (Phi) is 4.52. The van der Waals surface area contributed by atoms with E-state index in [1.54, 1.807) is 11.3 Å². The van der Waals surface area contributed by atoms with E-state index >= 15 is 0 Å². The second-order valence-electron chi connectivity index (χ2n) is 6.07. The molecule has 0 spiro atoms. The molecule has 20 heavy (non-hydrogen) atoms. The molecule has 4 nitrogen and oxygen atoms in total. The maximum atomic E-state index is 12.8. The number of nitrogens with one attached hydrogen (secondary N) is 1. The summed E-state index contributed by atoms with van der Waals surface area (Å²) in [5.41, 5.74) is -0.449. The first kappa shape index (κ1) is 15.5. The van der Waals surface area contributed by atoms with E-state index in [4.69, 9.17) is 0 Å². The van der Waals surface area contributed by atoms with E-state index < -0.39 is 5.54 Å². The van der Waals surface area contributed by atoms with Crippen molar-refractivity contribution < 1.29 is 4.79 Å². The lowest BCUT2D eigenvalue weighted by molar-refractivity contribution is -0.135. The van der Waals surface area contributed by atoms with Crippen molar-refractivity contribution in [2.24, 2.45) is 0 Å². The molecule has 3 unspecified atom stereocenters. The summed E-state index contributed by atoms with van der Waals surface area (Å²) in [5, 5.41) is 5.61. The summed E-state index contributed by atoms with van der Waals surface area (Å²) < 4.78 is 0. The largest absolute Gasteiger partial charge is 0.316 e. The van der Waals surface area contributed by atoms with Crippen LogP contribution < -0.4 is 5.32 Å². The van der Waals surface area contributed by atoms with Gasteiger partial charge in [0, 0.05) is 17.5 Å². The van der Waals surface area contributed by atoms with Crippen molar-refractivity contribution in [3.63, 3.8) is 0 Å². The summed E-state index contributed by atoms with van der Waals surface area (Å²) in [4.78, 5) is 18.2. The van der Waals surface area contributed by atoms with Gasteiger partial charge < -0.3 is 9.80 Å². The molecule has 1 fully saturated rings. The topological polar surface area (TPSA) is 35.6 Å². The normalized spacial score (nSPS) is 28.4. The van der Waals surface area contributed by atoms with Gasteiger partial charge in [-0.15, -0.1) is 11.3 Å². The fourth-order valence-electron chi connectivity index (χ4n) is 2.81. The van der Waals surface area contributed by atoms with Gasteiger partial charge in [0.05, 0.1) is 5.54 Å². The predicted molar refractivity (Wildman–Crippen MR) is 83.8 cm³/mol. The van der Waals surface area contributed by atoms with Crippen molar-refractivity contribution in [1.29, 1.82) is 0 Å². The number of amides is 1. The molecule has 112 valence electrons. The Hall–Kier alpha value is -0.910. The maximum Gasteiger partial charge on any atom is 0.244 e. The van der Waals surface area contributed by atoms with Gasteiger partial charge in [-0.25, -0.2) is 0 Å². The lowest BCUT2D eigenvalue weighted by Gasteiger charge is -2.31. The Labute approximate surface area is 125 Å². The second-order valence-corrected chi connectivity index (χ2v) is 7.05. The van der Waals surface area contributed by atoms with Crippen LogP contribution in [-0.2, 0) is 4.79 Å². The molecule has 1 aromatic rings. The number of hydrogen-bond donors (Lipinski definition) is 1. The highest BCUT2D eigenvalue weighted by Gasteiger charge is 2.49. The van der Waals surface area contributed by atoms with Gasteiger partial charge in [0.1, 0.15) is 6.17 Å². The van der Waals surface area contributed by atoms with E-state index in [-0.39, 0.29) is 18.1 Å². The minimum Gasteiger partial charge on any atom is -0.316 e. The molecule has 5 heteroatoms. The zero-order valence-electron chi connectivity index (χ0n) is 13.0. The van der Waals surface area contributed by atoms with Crippen LogP contribution in [0.25, 0.3) is 0 Å². The molecule has 1 aliphatic rings. The molecule has 0 bridgehead atoms. The lowest BCUT2D eigenvalue weighted by atomic mass is 9.99. The molecule has 0 aromatic carbocycles. The fourth-order valence-corrected chi connectivity index (χ4v) is 3.59. The quantitative estimate of drug-likeness (QED) is 0.905. The molecule has 2 heterocycles. The van der Waals surface area contributed by atoms with E-state index in [1.165, 1.54) is 4.88 Å². The number of carbonyl (C=O) groups is 1. The zero-order chi connectivity index (χ0) is 14.9. The monoisotopic (exact) mass is 295 g/mol. The Balaban J connectivity index is 2.31. The molecule has 1 saturated heterocycles. The number of nitrogens with zero attached hydrogens (tertiary/aromatic N) is 2. The van der Waals surface area contributed by atoms with Crippen molar-refractivity contribution in [2.75, 3.05) is 20.6 Å². The zero-order valence-corrected chi connectivity index (χ0v) is 13.8. The summed E-state index contributed by atoms with van der Waals surface area (Å²) in [7, 11) is 4.09. The van der Waals surface area contributed by atoms with Crippen LogP contribution in [-0.4, -0.2) is 47.9 Å². The van der Waals surface area contributed by atoms with E-state index in [0.717, 1.165) is 13.0 Å². The summed E-state index contributed by atoms with van der Waals surface area (Å²) in [6.07, 6.45) is 0.807. The highest BCUT2D eigenvalue weighted by molar-refractivity contribution is 7.10.